The minimum Gasteiger partial charge on any atom is -0.402 e. The van der Waals surface area contributed by atoms with Gasteiger partial charge < -0.3 is 48.4 Å². The van der Waals surface area contributed by atoms with Crippen LogP contribution in [0.25, 0.3) is 11.3 Å². The molecule has 0 amide bonds. The summed E-state index contributed by atoms with van der Waals surface area (Å²) < 4.78 is 43.2. The topological polar surface area (TPSA) is 175 Å². The number of anilines is 2. The van der Waals surface area contributed by atoms with Crippen LogP contribution in [0.3, 0.4) is 0 Å². The number of nitrogens with zero attached hydrogens (tertiary/aromatic N) is 6. The number of ether oxygens (including phenoxy) is 6. The molecule has 75 heavy (non-hydrogen) atoms. The van der Waals surface area contributed by atoms with Gasteiger partial charge in [-0.3, -0.25) is 0 Å². The molecule has 0 spiro atoms. The van der Waals surface area contributed by atoms with E-state index in [-0.39, 0.29) is 16.9 Å². The zero-order chi connectivity index (χ0) is 53.7. The largest absolute Gasteiger partial charge is 0.496 e. The van der Waals surface area contributed by atoms with Crippen molar-refractivity contribution in [2.45, 2.75) is 71.2 Å². The summed E-state index contributed by atoms with van der Waals surface area (Å²) in [6.07, 6.45) is 2.91. The first-order chi connectivity index (χ1) is 36.4. The fourth-order valence-electron chi connectivity index (χ4n) is 6.77. The molecule has 0 bridgehead atoms. The molecule has 1 unspecified atom stereocenters. The van der Waals surface area contributed by atoms with Gasteiger partial charge in [0.15, 0.2) is 28.4 Å². The fraction of sp³-hybridized carbons (Fsp3) is 0.434. The van der Waals surface area contributed by atoms with Crippen LogP contribution in [-0.2, 0) is 63.7 Å². The van der Waals surface area contributed by atoms with Crippen molar-refractivity contribution in [1.29, 1.82) is 0 Å². The number of hydrogen-bond donors (Lipinski definition) is 2. The van der Waals surface area contributed by atoms with Crippen molar-refractivity contribution in [1.82, 2.24) is 30.4 Å². The Morgan fingerprint density at radius 2 is 1.03 bits per heavy atom. The molecule has 1 saturated heterocycles. The average Bonchev–Trinajstić information content (AvgIpc) is 3.70. The molecule has 404 valence electrons. The third kappa shape index (κ3) is 21.9. The lowest BCUT2D eigenvalue weighted by Gasteiger charge is -2.21. The maximum atomic E-state index is 6.44. The van der Waals surface area contributed by atoms with Gasteiger partial charge in [-0.25, -0.2) is 9.97 Å². The Kier molecular flexibility index (Phi) is 28.3. The first-order valence-corrected chi connectivity index (χ1v) is 26.5. The summed E-state index contributed by atoms with van der Waals surface area (Å²) >= 11 is 30.8. The molecule has 22 heteroatoms. The van der Waals surface area contributed by atoms with Crippen molar-refractivity contribution in [3.05, 3.63) is 145 Å². The van der Waals surface area contributed by atoms with Crippen LogP contribution in [0.15, 0.2) is 97.1 Å². The van der Waals surface area contributed by atoms with Crippen LogP contribution in [0.4, 0.5) is 11.6 Å². The van der Waals surface area contributed by atoms with E-state index in [0.29, 0.717) is 147 Å². The second-order valence-corrected chi connectivity index (χ2v) is 19.1. The summed E-state index contributed by atoms with van der Waals surface area (Å²) in [6, 6.07) is 31.0. The minimum atomic E-state index is -0.434. The van der Waals surface area contributed by atoms with E-state index in [0.717, 1.165) is 29.4 Å². The van der Waals surface area contributed by atoms with Gasteiger partial charge in [0.2, 0.25) is 0 Å². The molecule has 6 aromatic rings. The third-order valence-electron chi connectivity index (χ3n) is 11.2. The van der Waals surface area contributed by atoms with Crippen LogP contribution in [0, 0.1) is 0 Å². The molecule has 1 aliphatic heterocycles. The van der Waals surface area contributed by atoms with E-state index in [1.807, 2.05) is 106 Å². The lowest BCUT2D eigenvalue weighted by atomic mass is 9.79. The minimum absolute atomic E-state index is 0.0209. The molecule has 2 aromatic heterocycles. The molecule has 7 rings (SSSR count). The van der Waals surface area contributed by atoms with E-state index in [1.54, 1.807) is 26.4 Å². The molecule has 0 aliphatic carbocycles. The number of halogens is 5. The zero-order valence-corrected chi connectivity index (χ0v) is 46.8. The van der Waals surface area contributed by atoms with E-state index in [1.165, 1.54) is 0 Å². The van der Waals surface area contributed by atoms with Gasteiger partial charge in [0.25, 0.3) is 0 Å². The Labute approximate surface area is 466 Å². The van der Waals surface area contributed by atoms with Crippen molar-refractivity contribution in [2.24, 2.45) is 0 Å². The lowest BCUT2D eigenvalue weighted by molar-refractivity contribution is 0.0243. The summed E-state index contributed by atoms with van der Waals surface area (Å²) in [5.41, 5.74) is 3.99. The van der Waals surface area contributed by atoms with E-state index < -0.39 is 7.12 Å². The van der Waals surface area contributed by atoms with Crippen LogP contribution in [0.5, 0.6) is 0 Å². The van der Waals surface area contributed by atoms with Crippen molar-refractivity contribution < 1.29 is 37.7 Å². The SMILES string of the molecule is CC1OB(c2cccc(Cl)c2Cl)OC1(C)C.COCCOCCOCCCc1nnc(-c2cccc(Cl)c2Cl)c(NCc2ccccc2)n1.COCCOCCOCCCc1nnc(Cl)c(NCc2ccccc2)n1. The predicted molar refractivity (Wildman–Crippen MR) is 299 cm³/mol. The molecule has 1 fully saturated rings. The number of benzene rings is 4. The number of methoxy groups -OCH3 is 2. The number of aryl methyl sites for hydroxylation is 2. The summed E-state index contributed by atoms with van der Waals surface area (Å²) in [5.74, 6) is 2.44. The van der Waals surface area contributed by atoms with Crippen LogP contribution >= 0.6 is 58.0 Å². The summed E-state index contributed by atoms with van der Waals surface area (Å²) in [7, 11) is 2.86. The molecule has 2 N–H and O–H groups in total. The fourth-order valence-corrected chi connectivity index (χ4v) is 7.70. The highest BCUT2D eigenvalue weighted by Crippen LogP contribution is 2.35. The number of hydrogen-bond acceptors (Lipinski definition) is 16. The standard InChI is InChI=1S/C24H28Cl2N4O3.C18H25ClN4O3.C11H13BCl2O2/c1-31-13-14-33-16-15-32-12-6-11-21-28-24(27-17-18-7-3-2-4-8-18)23(30-29-21)19-9-5-10-20(25)22(19)26;1-24-10-11-26-13-12-25-9-5-8-16-21-18(17(19)23-22-16)20-14-15-6-3-2-4-7-15;1-7-11(2,3)16-12(15-7)8-5-4-6-9(13)10(8)14/h2-5,7-10H,6,11-17H2,1H3,(H,27,28,29);2-4,6-7H,5,8-14H2,1H3,(H,20,21,22);4-7H,1-3H3. The van der Waals surface area contributed by atoms with Gasteiger partial charge in [-0.15, -0.1) is 20.4 Å². The van der Waals surface area contributed by atoms with Crippen LogP contribution in [0.2, 0.25) is 25.2 Å². The normalized spacial score (nSPS) is 13.7. The van der Waals surface area contributed by atoms with Crippen molar-refractivity contribution >= 4 is 82.2 Å². The highest BCUT2D eigenvalue weighted by atomic mass is 35.5. The Morgan fingerprint density at radius 3 is 1.56 bits per heavy atom. The molecule has 16 nitrogen and oxygen atoms in total. The quantitative estimate of drug-likeness (QED) is 0.0350. The van der Waals surface area contributed by atoms with Gasteiger partial charge in [0.05, 0.1) is 84.7 Å². The van der Waals surface area contributed by atoms with E-state index in [2.05, 4.69) is 36.0 Å². The van der Waals surface area contributed by atoms with Crippen molar-refractivity contribution in [2.75, 3.05) is 90.9 Å². The van der Waals surface area contributed by atoms with Gasteiger partial charge in [0.1, 0.15) is 5.69 Å². The van der Waals surface area contributed by atoms with Gasteiger partial charge >= 0.3 is 7.12 Å². The molecule has 1 atom stereocenters. The van der Waals surface area contributed by atoms with E-state index in [4.69, 9.17) is 101 Å². The van der Waals surface area contributed by atoms with Gasteiger partial charge in [-0.05, 0) is 56.9 Å². The van der Waals surface area contributed by atoms with E-state index >= 15 is 0 Å². The number of rotatable bonds is 28. The predicted octanol–water partition coefficient (Wildman–Crippen LogP) is 10.7. The Morgan fingerprint density at radius 1 is 0.547 bits per heavy atom. The Bertz CT molecular complexity index is 2570. The highest BCUT2D eigenvalue weighted by molar-refractivity contribution is 6.66. The van der Waals surface area contributed by atoms with Gasteiger partial charge in [-0.2, -0.15) is 0 Å². The number of aromatic nitrogens is 6. The molecule has 4 aromatic carbocycles. The Balaban J connectivity index is 0.000000220. The molecular formula is C53H66BCl5N8O8. The second kappa shape index (κ2) is 34.5. The van der Waals surface area contributed by atoms with Gasteiger partial charge in [0, 0.05) is 64.4 Å². The molecular weight excluding hydrogens is 1060 g/mol. The number of nitrogens with one attached hydrogen (secondary N) is 2. The molecule has 0 saturated carbocycles. The summed E-state index contributed by atoms with van der Waals surface area (Å²) in [5, 5.41) is 25.5. The first-order valence-electron chi connectivity index (χ1n) is 24.6. The maximum Gasteiger partial charge on any atom is 0.496 e. The summed E-state index contributed by atoms with van der Waals surface area (Å²) in [4.78, 5) is 9.17. The van der Waals surface area contributed by atoms with Gasteiger partial charge in [-0.1, -0.05) is 143 Å². The van der Waals surface area contributed by atoms with E-state index in [9.17, 15) is 0 Å². The van der Waals surface area contributed by atoms with Crippen molar-refractivity contribution in [3.8, 4) is 11.3 Å². The molecule has 0 radical (unpaired) electrons. The summed E-state index contributed by atoms with van der Waals surface area (Å²) in [6.45, 7) is 13.0. The average molecular weight is 1130 g/mol. The Hall–Kier alpha value is -4.31. The highest BCUT2D eigenvalue weighted by Gasteiger charge is 2.44. The second-order valence-electron chi connectivity index (χ2n) is 17.2. The zero-order valence-electron chi connectivity index (χ0n) is 43.0. The molecule has 1 aliphatic rings. The van der Waals surface area contributed by atoms with Crippen molar-refractivity contribution in [3.63, 3.8) is 0 Å². The lowest BCUT2D eigenvalue weighted by Crippen LogP contribution is -2.35. The molecule has 3 heterocycles. The smallest absolute Gasteiger partial charge is 0.402 e. The van der Waals surface area contributed by atoms with Crippen LogP contribution in [0.1, 0.15) is 56.4 Å². The van der Waals surface area contributed by atoms with Crippen LogP contribution < -0.4 is 16.1 Å². The third-order valence-corrected chi connectivity index (χ3v) is 13.1. The first kappa shape index (κ1) is 61.5. The van der Waals surface area contributed by atoms with Crippen LogP contribution in [-0.4, -0.2) is 129 Å². The maximum absolute atomic E-state index is 6.44. The monoisotopic (exact) mass is 1130 g/mol.